The lowest BCUT2D eigenvalue weighted by atomic mass is 10.8. The van der Waals surface area contributed by atoms with Crippen molar-refractivity contribution in [3.63, 3.8) is 0 Å². The topological polar surface area (TPSA) is 0 Å². The molecule has 0 unspecified atom stereocenters. The lowest BCUT2D eigenvalue weighted by Crippen LogP contribution is -2.16. The van der Waals surface area contributed by atoms with Gasteiger partial charge in [0.05, 0.1) is 0 Å². The van der Waals surface area contributed by atoms with Gasteiger partial charge in [0.1, 0.15) is 0 Å². The first-order valence-electron chi connectivity index (χ1n) is 3.66. The van der Waals surface area contributed by atoms with Gasteiger partial charge in [-0.05, 0) is 13.0 Å². The first-order chi connectivity index (χ1) is 4.47. The Hall–Kier alpha value is -0.303. The highest BCUT2D eigenvalue weighted by molar-refractivity contribution is 6.76. The van der Waals surface area contributed by atoms with Crippen LogP contribution in [-0.4, -0.2) is 8.07 Å². The Morgan fingerprint density at radius 1 is 1.20 bits per heavy atom. The van der Waals surface area contributed by atoms with E-state index in [1.165, 1.54) is 6.04 Å². The fraction of sp³-hybridized carbons (Fsp3) is 0.556. The Kier molecular flexibility index (Phi) is 8.43. The van der Waals surface area contributed by atoms with Crippen LogP contribution in [0, 0.1) is 0 Å². The van der Waals surface area contributed by atoms with E-state index in [0.29, 0.717) is 0 Å². The molecule has 0 aromatic rings. The van der Waals surface area contributed by atoms with E-state index in [4.69, 9.17) is 0 Å². The number of hydrogen-bond acceptors (Lipinski definition) is 0. The molecular weight excluding hydrogens is 136 g/mol. The van der Waals surface area contributed by atoms with Crippen molar-refractivity contribution < 1.29 is 0 Å². The summed E-state index contributed by atoms with van der Waals surface area (Å²) in [5, 5.41) is 0. The molecular formula is C9H20Si. The average Bonchev–Trinajstić information content (AvgIpc) is 1.63. The second kappa shape index (κ2) is 6.81. The molecule has 60 valence electrons. The van der Waals surface area contributed by atoms with Gasteiger partial charge in [-0.1, -0.05) is 31.8 Å². The summed E-state index contributed by atoms with van der Waals surface area (Å²) in [4.78, 5) is 0. The van der Waals surface area contributed by atoms with Crippen molar-refractivity contribution in [1.82, 2.24) is 0 Å². The second-order valence-electron chi connectivity index (χ2n) is 3.46. The summed E-state index contributed by atoms with van der Waals surface area (Å²) in [6, 6.07) is 1.24. The molecule has 0 saturated carbocycles. The van der Waals surface area contributed by atoms with Gasteiger partial charge >= 0.3 is 0 Å². The third-order valence-electron chi connectivity index (χ3n) is 0.757. The van der Waals surface area contributed by atoms with Crippen LogP contribution in [0.15, 0.2) is 25.3 Å². The van der Waals surface area contributed by atoms with Gasteiger partial charge in [0.2, 0.25) is 0 Å². The Labute approximate surface area is 66.7 Å². The van der Waals surface area contributed by atoms with Gasteiger partial charge in [-0.15, -0.1) is 13.2 Å². The molecule has 0 amide bonds. The van der Waals surface area contributed by atoms with E-state index in [9.17, 15) is 0 Å². The Morgan fingerprint density at radius 2 is 1.50 bits per heavy atom. The lowest BCUT2D eigenvalue weighted by Gasteiger charge is -2.10. The van der Waals surface area contributed by atoms with E-state index in [-0.39, 0.29) is 0 Å². The second-order valence-corrected chi connectivity index (χ2v) is 8.99. The van der Waals surface area contributed by atoms with Gasteiger partial charge in [0.25, 0.3) is 0 Å². The van der Waals surface area contributed by atoms with Crippen LogP contribution >= 0.6 is 0 Å². The molecule has 0 aromatic carbocycles. The SMILES string of the molecule is C=CC.C=CC[Si](C)(C)C. The molecule has 0 spiro atoms. The standard InChI is InChI=1S/C6H14Si.C3H6/c1-5-6-7(2,3)4;1-3-2/h5H,1,6H2,2-4H3;3H,1H2,2H3. The number of hydrogen-bond donors (Lipinski definition) is 0. The molecule has 10 heavy (non-hydrogen) atoms. The van der Waals surface area contributed by atoms with Crippen molar-refractivity contribution in [1.29, 1.82) is 0 Å². The van der Waals surface area contributed by atoms with E-state index >= 15 is 0 Å². The minimum Gasteiger partial charge on any atom is -0.103 e. The summed E-state index contributed by atoms with van der Waals surface area (Å²) in [6.07, 6.45) is 3.77. The molecule has 0 N–H and O–H groups in total. The summed E-state index contributed by atoms with van der Waals surface area (Å²) in [5.41, 5.74) is 0. The van der Waals surface area contributed by atoms with E-state index in [1.807, 2.05) is 13.0 Å². The molecule has 0 heterocycles. The van der Waals surface area contributed by atoms with Crippen molar-refractivity contribution in [2.45, 2.75) is 32.6 Å². The summed E-state index contributed by atoms with van der Waals surface area (Å²) >= 11 is 0. The van der Waals surface area contributed by atoms with E-state index in [2.05, 4.69) is 32.8 Å². The van der Waals surface area contributed by atoms with Crippen molar-refractivity contribution in [2.75, 3.05) is 0 Å². The van der Waals surface area contributed by atoms with Crippen LogP contribution in [0.25, 0.3) is 0 Å². The largest absolute Gasteiger partial charge is 0.103 e. The van der Waals surface area contributed by atoms with Gasteiger partial charge in [0.15, 0.2) is 0 Å². The molecule has 0 atom stereocenters. The monoisotopic (exact) mass is 156 g/mol. The van der Waals surface area contributed by atoms with Crippen LogP contribution in [0.1, 0.15) is 6.92 Å². The first-order valence-corrected chi connectivity index (χ1v) is 7.36. The summed E-state index contributed by atoms with van der Waals surface area (Å²) in [5.74, 6) is 0. The van der Waals surface area contributed by atoms with E-state index in [1.54, 1.807) is 6.08 Å². The van der Waals surface area contributed by atoms with Crippen molar-refractivity contribution in [3.8, 4) is 0 Å². The number of rotatable bonds is 2. The summed E-state index contributed by atoms with van der Waals surface area (Å²) in [7, 11) is -0.775. The Bertz CT molecular complexity index is 87.4. The highest BCUT2D eigenvalue weighted by Crippen LogP contribution is 2.06. The average molecular weight is 156 g/mol. The normalized spacial score (nSPS) is 9.20. The van der Waals surface area contributed by atoms with E-state index < -0.39 is 8.07 Å². The van der Waals surface area contributed by atoms with Gasteiger partial charge in [-0.25, -0.2) is 0 Å². The molecule has 0 aliphatic rings. The molecule has 0 radical (unpaired) electrons. The fourth-order valence-corrected chi connectivity index (χ4v) is 1.30. The Balaban J connectivity index is 0. The fourth-order valence-electron chi connectivity index (χ4n) is 0.433. The zero-order valence-corrected chi connectivity index (χ0v) is 8.78. The lowest BCUT2D eigenvalue weighted by molar-refractivity contribution is 1.52. The van der Waals surface area contributed by atoms with Gasteiger partial charge < -0.3 is 0 Å². The first kappa shape index (κ1) is 12.4. The summed E-state index contributed by atoms with van der Waals surface area (Å²) < 4.78 is 0. The number of allylic oxidation sites excluding steroid dienone is 2. The zero-order valence-electron chi connectivity index (χ0n) is 7.78. The smallest absolute Gasteiger partial charge is 0.0480 e. The maximum Gasteiger partial charge on any atom is 0.0480 e. The summed E-state index contributed by atoms with van der Waals surface area (Å²) in [6.45, 7) is 16.0. The van der Waals surface area contributed by atoms with Crippen LogP contribution in [-0.2, 0) is 0 Å². The molecule has 0 fully saturated rings. The quantitative estimate of drug-likeness (QED) is 0.422. The van der Waals surface area contributed by atoms with Crippen LogP contribution in [0.2, 0.25) is 25.7 Å². The molecule has 0 bridgehead atoms. The molecule has 0 saturated heterocycles. The Morgan fingerprint density at radius 3 is 1.50 bits per heavy atom. The maximum atomic E-state index is 3.68. The highest BCUT2D eigenvalue weighted by atomic mass is 28.3. The molecule has 0 aromatic heterocycles. The van der Waals surface area contributed by atoms with Gasteiger partial charge in [-0.2, -0.15) is 0 Å². The van der Waals surface area contributed by atoms with Crippen molar-refractivity contribution in [2.24, 2.45) is 0 Å². The molecule has 0 aliphatic heterocycles. The van der Waals surface area contributed by atoms with Gasteiger partial charge in [0, 0.05) is 8.07 Å². The molecule has 1 heteroatoms. The van der Waals surface area contributed by atoms with Crippen LogP contribution in [0.3, 0.4) is 0 Å². The van der Waals surface area contributed by atoms with Crippen LogP contribution in [0.4, 0.5) is 0 Å². The molecule has 0 aliphatic carbocycles. The van der Waals surface area contributed by atoms with Gasteiger partial charge in [-0.3, -0.25) is 0 Å². The van der Waals surface area contributed by atoms with E-state index in [0.717, 1.165) is 0 Å². The van der Waals surface area contributed by atoms with Crippen LogP contribution < -0.4 is 0 Å². The van der Waals surface area contributed by atoms with Crippen molar-refractivity contribution >= 4 is 8.07 Å². The minimum absolute atomic E-state index is 0.775. The van der Waals surface area contributed by atoms with Crippen LogP contribution in [0.5, 0.6) is 0 Å². The predicted octanol–water partition coefficient (Wildman–Crippen LogP) is 3.70. The third-order valence-corrected chi connectivity index (χ3v) is 2.27. The maximum absolute atomic E-state index is 3.68. The molecule has 0 rings (SSSR count). The zero-order chi connectivity index (χ0) is 8.62. The minimum atomic E-state index is -0.775. The predicted molar refractivity (Wildman–Crippen MR) is 54.2 cm³/mol. The third kappa shape index (κ3) is 25.3. The molecule has 0 nitrogen and oxygen atoms in total. The van der Waals surface area contributed by atoms with Crippen molar-refractivity contribution in [3.05, 3.63) is 25.3 Å². The highest BCUT2D eigenvalue weighted by Gasteiger charge is 2.08.